The van der Waals surface area contributed by atoms with Crippen LogP contribution in [0.25, 0.3) is 11.6 Å². The lowest BCUT2D eigenvalue weighted by molar-refractivity contribution is 0.105. The Hall–Kier alpha value is -3.97. The van der Waals surface area contributed by atoms with Crippen LogP contribution in [0.15, 0.2) is 60.7 Å². The van der Waals surface area contributed by atoms with E-state index in [1.54, 1.807) is 52.7 Å². The summed E-state index contributed by atoms with van der Waals surface area (Å²) in [5, 5.41) is 0. The highest BCUT2D eigenvalue weighted by molar-refractivity contribution is 6.32. The van der Waals surface area contributed by atoms with Crippen molar-refractivity contribution in [3.05, 3.63) is 77.4 Å². The summed E-state index contributed by atoms with van der Waals surface area (Å²) in [5.74, 6) is 2.85. The molecule has 4 rings (SSSR count). The summed E-state index contributed by atoms with van der Waals surface area (Å²) in [6, 6.07) is 18.3. The predicted molar refractivity (Wildman–Crippen MR) is 149 cm³/mol. The number of allylic oxidation sites excluding steroid dienone is 1. The first-order chi connectivity index (χ1) is 18.5. The maximum Gasteiger partial charge on any atom is 0.193 e. The number of benzene rings is 3. The fourth-order valence-corrected chi connectivity index (χ4v) is 4.46. The zero-order valence-electron chi connectivity index (χ0n) is 22.5. The van der Waals surface area contributed by atoms with Gasteiger partial charge in [-0.05, 0) is 79.5 Å². The Morgan fingerprint density at radius 3 is 1.71 bits per heavy atom. The van der Waals surface area contributed by atoms with Crippen molar-refractivity contribution in [2.75, 3.05) is 54.7 Å². The molecule has 0 bridgehead atoms. The Morgan fingerprint density at radius 1 is 0.711 bits per heavy atom. The summed E-state index contributed by atoms with van der Waals surface area (Å²) in [7, 11) is 6.28. The van der Waals surface area contributed by atoms with Gasteiger partial charge in [0.15, 0.2) is 5.78 Å². The smallest absolute Gasteiger partial charge is 0.193 e. The summed E-state index contributed by atoms with van der Waals surface area (Å²) in [6.07, 6.45) is 4.39. The quantitative estimate of drug-likeness (QED) is 0.176. The number of likely N-dealkylation sites (tertiary alicyclic amines) is 1. The van der Waals surface area contributed by atoms with Crippen LogP contribution in [-0.4, -0.2) is 65.4 Å². The molecule has 0 radical (unpaired) electrons. The minimum atomic E-state index is -0.191. The van der Waals surface area contributed by atoms with Gasteiger partial charge in [-0.25, -0.2) is 0 Å². The highest BCUT2D eigenvalue weighted by atomic mass is 16.5. The van der Waals surface area contributed by atoms with Crippen LogP contribution < -0.4 is 23.7 Å². The van der Waals surface area contributed by atoms with E-state index < -0.39 is 0 Å². The van der Waals surface area contributed by atoms with E-state index in [1.807, 2.05) is 42.5 Å². The van der Waals surface area contributed by atoms with E-state index in [-0.39, 0.29) is 5.78 Å². The molecule has 1 fully saturated rings. The van der Waals surface area contributed by atoms with E-state index in [0.29, 0.717) is 46.3 Å². The van der Waals surface area contributed by atoms with Gasteiger partial charge < -0.3 is 23.7 Å². The Morgan fingerprint density at radius 2 is 1.21 bits per heavy atom. The molecule has 38 heavy (non-hydrogen) atoms. The fraction of sp³-hybridized carbons (Fsp3) is 0.323. The van der Waals surface area contributed by atoms with Crippen LogP contribution in [0.4, 0.5) is 0 Å². The van der Waals surface area contributed by atoms with Gasteiger partial charge in [-0.1, -0.05) is 12.1 Å². The first kappa shape index (κ1) is 27.1. The summed E-state index contributed by atoms with van der Waals surface area (Å²) >= 11 is 0. The molecule has 1 heterocycles. The van der Waals surface area contributed by atoms with Crippen molar-refractivity contribution in [2.24, 2.45) is 0 Å². The Labute approximate surface area is 224 Å². The number of hydrogen-bond donors (Lipinski definition) is 0. The predicted octanol–water partition coefficient (Wildman–Crippen LogP) is 5.62. The SMILES string of the molecule is COc1cc(OC)cc(C(=O)C(=Cc2ccc(OCCN3CCCC3)cc2)c2cc(OC)cc(OC)c2)c1. The summed E-state index contributed by atoms with van der Waals surface area (Å²) < 4.78 is 27.7. The van der Waals surface area contributed by atoms with Crippen LogP contribution in [0.2, 0.25) is 0 Å². The molecule has 1 aliphatic rings. The highest BCUT2D eigenvalue weighted by Crippen LogP contribution is 2.32. The van der Waals surface area contributed by atoms with Crippen molar-refractivity contribution in [1.29, 1.82) is 0 Å². The standard InChI is InChI=1S/C31H35NO6/c1-34-26-16-23(17-27(20-26)35-2)30(31(33)24-18-28(36-3)21-29(19-24)37-4)15-22-7-9-25(10-8-22)38-14-13-32-11-5-6-12-32/h7-10,15-21H,5-6,11-14H2,1-4H3. The second-order valence-electron chi connectivity index (χ2n) is 9.06. The molecule has 1 aliphatic heterocycles. The van der Waals surface area contributed by atoms with Gasteiger partial charge in [0, 0.05) is 29.8 Å². The number of ether oxygens (including phenoxy) is 5. The lowest BCUT2D eigenvalue weighted by Gasteiger charge is -2.15. The molecule has 1 saturated heterocycles. The van der Waals surface area contributed by atoms with Gasteiger partial charge in [-0.15, -0.1) is 0 Å². The number of rotatable bonds is 12. The number of nitrogens with zero attached hydrogens (tertiary/aromatic N) is 1. The lowest BCUT2D eigenvalue weighted by Crippen LogP contribution is -2.25. The molecule has 7 nitrogen and oxygen atoms in total. The van der Waals surface area contributed by atoms with Gasteiger partial charge in [-0.2, -0.15) is 0 Å². The van der Waals surface area contributed by atoms with Crippen molar-refractivity contribution < 1.29 is 28.5 Å². The van der Waals surface area contributed by atoms with Crippen molar-refractivity contribution in [3.63, 3.8) is 0 Å². The van der Waals surface area contributed by atoms with Crippen LogP contribution in [-0.2, 0) is 0 Å². The van der Waals surface area contributed by atoms with Crippen LogP contribution in [0.5, 0.6) is 28.7 Å². The molecule has 0 N–H and O–H groups in total. The number of Topliss-reactive ketones (excluding diaryl/α,β-unsaturated/α-hetero) is 1. The monoisotopic (exact) mass is 517 g/mol. The lowest BCUT2D eigenvalue weighted by atomic mass is 9.94. The van der Waals surface area contributed by atoms with E-state index in [2.05, 4.69) is 4.90 Å². The zero-order chi connectivity index (χ0) is 26.9. The second-order valence-corrected chi connectivity index (χ2v) is 9.06. The average Bonchev–Trinajstić information content (AvgIpc) is 3.49. The molecular weight excluding hydrogens is 482 g/mol. The highest BCUT2D eigenvalue weighted by Gasteiger charge is 2.19. The first-order valence-electron chi connectivity index (χ1n) is 12.7. The van der Waals surface area contributed by atoms with Crippen molar-refractivity contribution in [1.82, 2.24) is 4.90 Å². The van der Waals surface area contributed by atoms with E-state index in [4.69, 9.17) is 23.7 Å². The van der Waals surface area contributed by atoms with Crippen LogP contribution in [0.3, 0.4) is 0 Å². The van der Waals surface area contributed by atoms with E-state index in [9.17, 15) is 4.79 Å². The normalized spacial score (nSPS) is 13.7. The average molecular weight is 518 g/mol. The number of ketones is 1. The summed E-state index contributed by atoms with van der Waals surface area (Å²) in [4.78, 5) is 16.4. The van der Waals surface area contributed by atoms with Crippen LogP contribution >= 0.6 is 0 Å². The number of carbonyl (C=O) groups is 1. The minimum absolute atomic E-state index is 0.191. The molecule has 3 aromatic carbocycles. The zero-order valence-corrected chi connectivity index (χ0v) is 22.5. The van der Waals surface area contributed by atoms with Crippen LogP contribution in [0, 0.1) is 0 Å². The Balaban J connectivity index is 1.66. The summed E-state index contributed by atoms with van der Waals surface area (Å²) in [6.45, 7) is 3.89. The maximum atomic E-state index is 13.9. The molecule has 0 atom stereocenters. The molecule has 7 heteroatoms. The molecule has 3 aromatic rings. The second kappa shape index (κ2) is 13.0. The molecule has 0 spiro atoms. The molecule has 0 aromatic heterocycles. The summed E-state index contributed by atoms with van der Waals surface area (Å²) in [5.41, 5.74) is 2.44. The molecule has 0 saturated carbocycles. The van der Waals surface area contributed by atoms with E-state index in [1.165, 1.54) is 12.8 Å². The fourth-order valence-electron chi connectivity index (χ4n) is 4.46. The van der Waals surface area contributed by atoms with Gasteiger partial charge in [0.1, 0.15) is 35.4 Å². The maximum absolute atomic E-state index is 13.9. The van der Waals surface area contributed by atoms with Crippen molar-refractivity contribution in [3.8, 4) is 28.7 Å². The number of carbonyl (C=O) groups excluding carboxylic acids is 1. The van der Waals surface area contributed by atoms with Gasteiger partial charge in [0.2, 0.25) is 0 Å². The minimum Gasteiger partial charge on any atom is -0.497 e. The number of hydrogen-bond acceptors (Lipinski definition) is 7. The van der Waals surface area contributed by atoms with Crippen molar-refractivity contribution >= 4 is 17.4 Å². The molecule has 0 unspecified atom stereocenters. The third kappa shape index (κ3) is 6.86. The Kier molecular flexibility index (Phi) is 9.27. The van der Waals surface area contributed by atoms with Gasteiger partial charge in [0.25, 0.3) is 0 Å². The first-order valence-corrected chi connectivity index (χ1v) is 12.7. The molecule has 0 amide bonds. The molecule has 200 valence electrons. The third-order valence-electron chi connectivity index (χ3n) is 6.59. The van der Waals surface area contributed by atoms with E-state index >= 15 is 0 Å². The number of methoxy groups -OCH3 is 4. The molecule has 0 aliphatic carbocycles. The van der Waals surface area contributed by atoms with Gasteiger partial charge in [-0.3, -0.25) is 9.69 Å². The van der Waals surface area contributed by atoms with Gasteiger partial charge in [0.05, 0.1) is 28.4 Å². The van der Waals surface area contributed by atoms with Crippen LogP contribution in [0.1, 0.15) is 34.3 Å². The van der Waals surface area contributed by atoms with E-state index in [0.717, 1.165) is 30.9 Å². The van der Waals surface area contributed by atoms with Gasteiger partial charge >= 0.3 is 0 Å². The molecular formula is C31H35NO6. The van der Waals surface area contributed by atoms with Crippen molar-refractivity contribution in [2.45, 2.75) is 12.8 Å². The third-order valence-corrected chi connectivity index (χ3v) is 6.59. The Bertz CT molecular complexity index is 1220. The largest absolute Gasteiger partial charge is 0.497 e. The topological polar surface area (TPSA) is 66.5 Å².